The Labute approximate surface area is 149 Å². The number of carbonyl (C=O) groups is 1. The smallest absolute Gasteiger partial charge is 0.273 e. The first kappa shape index (κ1) is 17.6. The summed E-state index contributed by atoms with van der Waals surface area (Å²) in [5.74, 6) is -0.152. The predicted molar refractivity (Wildman–Crippen MR) is 97.4 cm³/mol. The summed E-state index contributed by atoms with van der Waals surface area (Å²) in [6, 6.07) is 10.7. The largest absolute Gasteiger partial charge is 0.350 e. The Kier molecular flexibility index (Phi) is 5.48. The molecule has 1 aromatic heterocycles. The van der Waals surface area contributed by atoms with E-state index >= 15 is 0 Å². The molecule has 1 aliphatic heterocycles. The third-order valence-electron chi connectivity index (χ3n) is 4.68. The summed E-state index contributed by atoms with van der Waals surface area (Å²) in [7, 11) is 0. The molecule has 25 heavy (non-hydrogen) atoms. The second kappa shape index (κ2) is 7.78. The maximum absolute atomic E-state index is 12.4. The van der Waals surface area contributed by atoms with Crippen molar-refractivity contribution in [2.24, 2.45) is 5.41 Å². The molecule has 1 saturated heterocycles. The maximum atomic E-state index is 12.4. The van der Waals surface area contributed by atoms with Gasteiger partial charge in [-0.1, -0.05) is 49.4 Å². The molecule has 0 aliphatic carbocycles. The van der Waals surface area contributed by atoms with Gasteiger partial charge in [0.2, 0.25) is 0 Å². The van der Waals surface area contributed by atoms with Gasteiger partial charge in [0, 0.05) is 6.54 Å². The van der Waals surface area contributed by atoms with Crippen molar-refractivity contribution < 1.29 is 4.79 Å². The molecule has 0 bridgehead atoms. The van der Waals surface area contributed by atoms with E-state index in [4.69, 9.17) is 0 Å². The second-order valence-corrected chi connectivity index (χ2v) is 7.57. The van der Waals surface area contributed by atoms with Crippen molar-refractivity contribution >= 4 is 5.91 Å². The van der Waals surface area contributed by atoms with E-state index in [1.54, 1.807) is 6.20 Å². The van der Waals surface area contributed by atoms with Crippen LogP contribution in [0.1, 0.15) is 48.8 Å². The van der Waals surface area contributed by atoms with Crippen molar-refractivity contribution in [3.8, 4) is 0 Å². The Morgan fingerprint density at radius 1 is 1.28 bits per heavy atom. The third kappa shape index (κ3) is 4.89. The van der Waals surface area contributed by atoms with Gasteiger partial charge in [-0.05, 0) is 43.3 Å². The van der Waals surface area contributed by atoms with Crippen LogP contribution in [-0.4, -0.2) is 40.5 Å². The van der Waals surface area contributed by atoms with Gasteiger partial charge in [-0.3, -0.25) is 4.79 Å². The molecule has 134 valence electrons. The highest BCUT2D eigenvalue weighted by Gasteiger charge is 2.22. The van der Waals surface area contributed by atoms with Gasteiger partial charge >= 0.3 is 0 Å². The van der Waals surface area contributed by atoms with Crippen molar-refractivity contribution in [3.05, 3.63) is 47.8 Å². The molecule has 1 aliphatic rings. The number of hydrogen-bond donors (Lipinski definition) is 2. The fourth-order valence-electron chi connectivity index (χ4n) is 3.25. The zero-order valence-electron chi connectivity index (χ0n) is 15.0. The molecule has 0 unspecified atom stereocenters. The highest BCUT2D eigenvalue weighted by Crippen LogP contribution is 2.21. The number of benzene rings is 1. The van der Waals surface area contributed by atoms with Gasteiger partial charge in [0.25, 0.3) is 5.91 Å². The lowest BCUT2D eigenvalue weighted by Gasteiger charge is -2.25. The van der Waals surface area contributed by atoms with E-state index in [9.17, 15) is 4.79 Å². The van der Waals surface area contributed by atoms with E-state index < -0.39 is 0 Å². The van der Waals surface area contributed by atoms with Crippen LogP contribution in [0.5, 0.6) is 0 Å². The van der Waals surface area contributed by atoms with Crippen molar-refractivity contribution in [2.75, 3.05) is 19.6 Å². The van der Waals surface area contributed by atoms with Crippen LogP contribution < -0.4 is 10.6 Å². The zero-order chi connectivity index (χ0) is 17.7. The lowest BCUT2D eigenvalue weighted by molar-refractivity contribution is 0.0931. The number of rotatable bonds is 6. The van der Waals surface area contributed by atoms with Gasteiger partial charge in [-0.15, -0.1) is 5.10 Å². The van der Waals surface area contributed by atoms with Crippen LogP contribution in [0.4, 0.5) is 0 Å². The first-order valence-corrected chi connectivity index (χ1v) is 8.98. The van der Waals surface area contributed by atoms with E-state index in [0.29, 0.717) is 18.3 Å². The normalized spacial score (nSPS) is 15.9. The lowest BCUT2D eigenvalue weighted by Crippen LogP contribution is -2.35. The standard InChI is InChI=1S/C19H27N5O/c1-19(2,12-15-6-4-3-5-7-15)14-21-18(25)17-13-24(23-22-17)16-8-10-20-11-9-16/h3-7,13,16,20H,8-12,14H2,1-2H3,(H,21,25). The van der Waals surface area contributed by atoms with Gasteiger partial charge < -0.3 is 10.6 Å². The SMILES string of the molecule is CC(C)(CNC(=O)c1cn(C2CCNCC2)nn1)Cc1ccccc1. The molecule has 3 rings (SSSR count). The Hall–Kier alpha value is -2.21. The molecule has 2 N–H and O–H groups in total. The maximum Gasteiger partial charge on any atom is 0.273 e. The Morgan fingerprint density at radius 2 is 2.00 bits per heavy atom. The molecule has 6 nitrogen and oxygen atoms in total. The lowest BCUT2D eigenvalue weighted by atomic mass is 9.85. The van der Waals surface area contributed by atoms with Crippen molar-refractivity contribution in [1.82, 2.24) is 25.6 Å². The molecule has 6 heteroatoms. The fourth-order valence-corrected chi connectivity index (χ4v) is 3.25. The highest BCUT2D eigenvalue weighted by molar-refractivity contribution is 5.91. The first-order valence-electron chi connectivity index (χ1n) is 8.98. The highest BCUT2D eigenvalue weighted by atomic mass is 16.2. The van der Waals surface area contributed by atoms with Crippen LogP contribution in [0, 0.1) is 5.41 Å². The number of carbonyl (C=O) groups excluding carboxylic acids is 1. The molecule has 1 aromatic carbocycles. The average molecular weight is 341 g/mol. The summed E-state index contributed by atoms with van der Waals surface area (Å²) < 4.78 is 1.84. The minimum atomic E-state index is -0.152. The number of aromatic nitrogens is 3. The van der Waals surface area contributed by atoms with Crippen molar-refractivity contribution in [1.29, 1.82) is 0 Å². The van der Waals surface area contributed by atoms with Crippen LogP contribution >= 0.6 is 0 Å². The number of hydrogen-bond acceptors (Lipinski definition) is 4. The zero-order valence-corrected chi connectivity index (χ0v) is 15.0. The summed E-state index contributed by atoms with van der Waals surface area (Å²) in [5, 5.41) is 14.5. The number of amides is 1. The molecule has 0 radical (unpaired) electrons. The molecule has 0 spiro atoms. The predicted octanol–water partition coefficient (Wildman–Crippen LogP) is 2.20. The Balaban J connectivity index is 1.54. The number of nitrogens with zero attached hydrogens (tertiary/aromatic N) is 3. The molecule has 0 saturated carbocycles. The van der Waals surface area contributed by atoms with Crippen molar-refractivity contribution in [3.63, 3.8) is 0 Å². The second-order valence-electron chi connectivity index (χ2n) is 7.57. The quantitative estimate of drug-likeness (QED) is 0.845. The van der Waals surface area contributed by atoms with Gasteiger partial charge in [0.05, 0.1) is 12.2 Å². The number of nitrogens with one attached hydrogen (secondary N) is 2. The molecule has 2 aromatic rings. The summed E-state index contributed by atoms with van der Waals surface area (Å²) in [5.41, 5.74) is 1.65. The van der Waals surface area contributed by atoms with Gasteiger partial charge in [0.1, 0.15) is 0 Å². The molecular formula is C19H27N5O. The first-order chi connectivity index (χ1) is 12.0. The minimum Gasteiger partial charge on any atom is -0.350 e. The van der Waals surface area contributed by atoms with Crippen LogP contribution in [0.2, 0.25) is 0 Å². The molecule has 2 heterocycles. The Morgan fingerprint density at radius 3 is 2.72 bits per heavy atom. The summed E-state index contributed by atoms with van der Waals surface area (Å²) >= 11 is 0. The fraction of sp³-hybridized carbons (Fsp3) is 0.526. The van der Waals surface area contributed by atoms with Crippen molar-refractivity contribution in [2.45, 2.75) is 39.2 Å². The van der Waals surface area contributed by atoms with E-state index in [0.717, 1.165) is 32.4 Å². The van der Waals surface area contributed by atoms with Gasteiger partial charge in [-0.2, -0.15) is 0 Å². The average Bonchev–Trinajstić information content (AvgIpc) is 3.11. The summed E-state index contributed by atoms with van der Waals surface area (Å²) in [4.78, 5) is 12.4. The van der Waals surface area contributed by atoms with E-state index in [2.05, 4.69) is 46.9 Å². The van der Waals surface area contributed by atoms with Gasteiger partial charge in [0.15, 0.2) is 5.69 Å². The molecule has 1 amide bonds. The van der Waals surface area contributed by atoms with E-state index in [1.165, 1.54) is 5.56 Å². The van der Waals surface area contributed by atoms with Gasteiger partial charge in [-0.25, -0.2) is 4.68 Å². The molecular weight excluding hydrogens is 314 g/mol. The third-order valence-corrected chi connectivity index (χ3v) is 4.68. The minimum absolute atomic E-state index is 0.0257. The Bertz CT molecular complexity index is 689. The topological polar surface area (TPSA) is 71.8 Å². The summed E-state index contributed by atoms with van der Waals surface area (Å²) in [6.07, 6.45) is 4.73. The number of piperidine rings is 1. The molecule has 1 fully saturated rings. The van der Waals surface area contributed by atoms with E-state index in [-0.39, 0.29) is 11.3 Å². The van der Waals surface area contributed by atoms with Crippen LogP contribution in [0.3, 0.4) is 0 Å². The van der Waals surface area contributed by atoms with Crippen LogP contribution in [0.15, 0.2) is 36.5 Å². The monoisotopic (exact) mass is 341 g/mol. The van der Waals surface area contributed by atoms with Crippen LogP contribution in [0.25, 0.3) is 0 Å². The van der Waals surface area contributed by atoms with Crippen LogP contribution in [-0.2, 0) is 6.42 Å². The van der Waals surface area contributed by atoms with E-state index in [1.807, 2.05) is 22.9 Å². The molecule has 0 atom stereocenters. The summed E-state index contributed by atoms with van der Waals surface area (Å²) in [6.45, 7) is 6.89.